The fourth-order valence-corrected chi connectivity index (χ4v) is 24.0. The number of hydrogen-bond donors (Lipinski definition) is 6. The number of hydrogen-bond acceptors (Lipinski definition) is 9. The van der Waals surface area contributed by atoms with Crippen molar-refractivity contribution in [3.8, 4) is 0 Å². The van der Waals surface area contributed by atoms with Crippen LogP contribution < -0.4 is 0 Å². The molecular weight excluding hydrogens is 991 g/mol. The summed E-state index contributed by atoms with van der Waals surface area (Å²) in [6.45, 7) is 30.5. The van der Waals surface area contributed by atoms with Crippen molar-refractivity contribution >= 4 is 31.6 Å². The van der Waals surface area contributed by atoms with Crippen molar-refractivity contribution in [3.63, 3.8) is 0 Å². The summed E-state index contributed by atoms with van der Waals surface area (Å²) in [5.74, 6) is 3.26. The van der Waals surface area contributed by atoms with Gasteiger partial charge < -0.3 is 40.1 Å². The van der Waals surface area contributed by atoms with Crippen molar-refractivity contribution < 1.29 is 44.9 Å². The summed E-state index contributed by atoms with van der Waals surface area (Å²) in [5.41, 5.74) is -0.859. The fourth-order valence-electron chi connectivity index (χ4n) is 24.0. The third-order valence-electron chi connectivity index (χ3n) is 27.3. The van der Waals surface area contributed by atoms with Crippen LogP contribution in [0.4, 0.5) is 0 Å². The van der Waals surface area contributed by atoms with E-state index in [1.54, 1.807) is 0 Å². The van der Waals surface area contributed by atoms with Crippen LogP contribution in [0.15, 0.2) is 11.3 Å². The van der Waals surface area contributed by atoms with Crippen LogP contribution in [0.3, 0.4) is 0 Å². The summed E-state index contributed by atoms with van der Waals surface area (Å²) in [5, 5.41) is 66.0. The van der Waals surface area contributed by atoms with Gasteiger partial charge in [-0.1, -0.05) is 55.4 Å². The van der Waals surface area contributed by atoms with E-state index in [0.717, 1.165) is 89.0 Å². The Labute approximate surface area is 447 Å². The van der Waals surface area contributed by atoms with E-state index in [4.69, 9.17) is 9.47 Å². The van der Waals surface area contributed by atoms with Gasteiger partial charge in [-0.3, -0.25) is 4.79 Å². The number of carbonyl (C=O) groups is 1. The number of allylic oxidation sites excluding steroid dienone is 1. The van der Waals surface area contributed by atoms with Crippen molar-refractivity contribution in [1.29, 1.82) is 0 Å². The van der Waals surface area contributed by atoms with Crippen LogP contribution in [-0.2, 0) is 14.3 Å². The number of rotatable bonds is 5. The molecule has 0 bridgehead atoms. The average Bonchev–Trinajstić information content (AvgIpc) is 3.84. The molecule has 0 aromatic carbocycles. The molecule has 0 aromatic heterocycles. The van der Waals surface area contributed by atoms with Crippen LogP contribution in [0.2, 0.25) is 0 Å². The molecule has 2 aliphatic heterocycles. The topological polar surface area (TPSA) is 157 Å². The van der Waals surface area contributed by atoms with Crippen LogP contribution in [0.5, 0.6) is 0 Å². The molecule has 10 heteroatoms. The van der Waals surface area contributed by atoms with Crippen LogP contribution in [-0.4, -0.2) is 116 Å². The molecule has 0 aromatic rings. The molecular formula is C61H101InO9. The van der Waals surface area contributed by atoms with Crippen LogP contribution in [0.1, 0.15) is 219 Å². The number of aliphatic hydroxyl groups is 6. The van der Waals surface area contributed by atoms with Gasteiger partial charge in [0.05, 0.1) is 59.2 Å². The van der Waals surface area contributed by atoms with E-state index in [-0.39, 0.29) is 106 Å². The molecule has 20 atom stereocenters. The number of ether oxygens (including phenoxy) is 2. The predicted octanol–water partition coefficient (Wildman–Crippen LogP) is 10.0. The summed E-state index contributed by atoms with van der Waals surface area (Å²) >= 11 is 0. The third-order valence-corrected chi connectivity index (χ3v) is 27.3. The Balaban J connectivity index is 0.000000162. The number of fused-ring (bicyclic) bond motifs is 4. The van der Waals surface area contributed by atoms with Gasteiger partial charge in [-0.15, -0.1) is 0 Å². The molecule has 4 spiro atoms. The van der Waals surface area contributed by atoms with Crippen molar-refractivity contribution in [1.82, 2.24) is 0 Å². The number of aliphatic hydroxyl groups excluding tert-OH is 4. The standard InChI is InChI=1S/C31H50O5.C30H48O4.In.3H/c1-25(2)20-8-9-21-28(6)15-19(33)23(29(7)11-10-22(36-29)26(3,4)35)27(28,5)12-13-30(21)17-31(20,30)14-18(16-32)24(25)34;1-24(2)19-8-9-20-27(6)16-18(31)23(28(7)12-11-22(34-28)25(3,4)33)26(27,5)14-15-30(20)17-29(19,30)13-10-21(24)32;;;;/h19-23,32-35H,8-17H2,1-7H3;18-20,22-23,31,33H,8-17H2,1-7H3;;;;/t19-,20?,21?,22+,23?,27+,28-,29-,30-,31+;18-,19?,20?,22+,23?,26+,27-,28-,29+,30-;;;;/m00..../s1. The van der Waals surface area contributed by atoms with Gasteiger partial charge in [-0.05, 0) is 230 Å². The molecule has 10 aliphatic carbocycles. The summed E-state index contributed by atoms with van der Waals surface area (Å²) in [7, 11) is 0. The Morgan fingerprint density at radius 1 is 0.535 bits per heavy atom. The first-order chi connectivity index (χ1) is 32.1. The van der Waals surface area contributed by atoms with Gasteiger partial charge in [0.25, 0.3) is 0 Å². The monoisotopic (exact) mass is 1090 g/mol. The predicted molar refractivity (Wildman–Crippen MR) is 281 cm³/mol. The Bertz CT molecular complexity index is 2230. The van der Waals surface area contributed by atoms with E-state index < -0.39 is 28.5 Å². The minimum absolute atomic E-state index is 0. The Morgan fingerprint density at radius 3 is 1.35 bits per heavy atom. The summed E-state index contributed by atoms with van der Waals surface area (Å²) < 4.78 is 13.4. The quantitative estimate of drug-likeness (QED) is 0.158. The molecule has 9 nitrogen and oxygen atoms in total. The molecule has 12 rings (SSSR count). The Kier molecular flexibility index (Phi) is 12.0. The Morgan fingerprint density at radius 2 is 0.930 bits per heavy atom. The minimum atomic E-state index is -0.877. The van der Waals surface area contributed by atoms with E-state index in [0.29, 0.717) is 46.0 Å². The number of ketones is 1. The molecule has 402 valence electrons. The second-order valence-electron chi connectivity index (χ2n) is 31.4. The van der Waals surface area contributed by atoms with E-state index in [2.05, 4.69) is 69.2 Å². The van der Waals surface area contributed by atoms with Crippen molar-refractivity contribution in [2.24, 2.45) is 89.7 Å². The maximum atomic E-state index is 12.9. The zero-order chi connectivity index (χ0) is 51.1. The maximum absolute atomic E-state index is 12.9. The molecule has 0 radical (unpaired) electrons. The molecule has 6 unspecified atom stereocenters. The summed E-state index contributed by atoms with van der Waals surface area (Å²) in [6, 6.07) is 0. The van der Waals surface area contributed by atoms with Gasteiger partial charge in [-0.2, -0.15) is 0 Å². The molecule has 11 fully saturated rings. The first-order valence-electron chi connectivity index (χ1n) is 28.8. The first kappa shape index (κ1) is 54.2. The number of carbonyl (C=O) groups excluding carboxylic acids is 1. The molecule has 71 heavy (non-hydrogen) atoms. The van der Waals surface area contributed by atoms with Gasteiger partial charge in [0, 0.05) is 29.1 Å². The zero-order valence-electron chi connectivity index (χ0n) is 46.3. The molecule has 12 aliphatic rings. The van der Waals surface area contributed by atoms with E-state index in [9.17, 15) is 35.4 Å². The molecule has 6 N–H and O–H groups in total. The van der Waals surface area contributed by atoms with Crippen molar-refractivity contribution in [2.75, 3.05) is 6.61 Å². The van der Waals surface area contributed by atoms with Crippen LogP contribution in [0.25, 0.3) is 0 Å². The molecule has 0 amide bonds. The SMILES string of the molecule is CC1(C)C(=O)CC[C@]23C[C@]24CC[C@]2(C)C([C@]5(C)CC[C@H](C(C)(C)O)O5)[C@@H](O)C[C@@]2(C)C4CCC13.CC1(C)C(O)=C(CO)C[C@]23C[C@]24CC[C@]2(C)C([C@]5(C)CC[C@H](C(C)(C)O)O5)[C@@H](O)C[C@@]2(C)C4CCC13.[InH3]. The van der Waals surface area contributed by atoms with Gasteiger partial charge in [0.2, 0.25) is 0 Å². The first-order valence-corrected chi connectivity index (χ1v) is 28.8. The number of Topliss-reactive ketones (excluding diaryl/α,β-unsaturated/α-hetero) is 1. The molecule has 9 saturated carbocycles. The molecule has 2 saturated heterocycles. The van der Waals surface area contributed by atoms with E-state index in [1.807, 2.05) is 27.7 Å². The second kappa shape index (κ2) is 15.8. The normalized spacial score (nSPS) is 56.0. The second-order valence-corrected chi connectivity index (χ2v) is 31.4. The van der Waals surface area contributed by atoms with Crippen molar-refractivity contribution in [3.05, 3.63) is 11.3 Å². The van der Waals surface area contributed by atoms with Gasteiger partial charge in [0.1, 0.15) is 5.78 Å². The summed E-state index contributed by atoms with van der Waals surface area (Å²) in [4.78, 5) is 12.9. The third kappa shape index (κ3) is 6.58. The van der Waals surface area contributed by atoms with Crippen LogP contribution in [0, 0.1) is 89.7 Å². The Hall–Kier alpha value is -0.200. The zero-order valence-corrected chi connectivity index (χ0v) is 46.3. The van der Waals surface area contributed by atoms with Crippen molar-refractivity contribution in [2.45, 2.75) is 266 Å². The van der Waals surface area contributed by atoms with Crippen LogP contribution >= 0.6 is 0 Å². The average molecular weight is 1090 g/mol. The fraction of sp³-hybridized carbons (Fsp3) is 0.951. The van der Waals surface area contributed by atoms with E-state index >= 15 is 0 Å². The molecule has 2 heterocycles. The van der Waals surface area contributed by atoms with Gasteiger partial charge in [0.15, 0.2) is 0 Å². The van der Waals surface area contributed by atoms with Gasteiger partial charge >= 0.3 is 25.8 Å². The van der Waals surface area contributed by atoms with Gasteiger partial charge in [-0.25, -0.2) is 0 Å². The summed E-state index contributed by atoms with van der Waals surface area (Å²) in [6.07, 6.45) is 18.6. The van der Waals surface area contributed by atoms with E-state index in [1.165, 1.54) is 38.5 Å².